The van der Waals surface area contributed by atoms with E-state index in [0.29, 0.717) is 5.69 Å². The quantitative estimate of drug-likeness (QED) is 0.424. The average molecular weight is 438 g/mol. The number of nitrogens with zero attached hydrogens (tertiary/aromatic N) is 4. The van der Waals surface area contributed by atoms with E-state index in [9.17, 15) is 14.9 Å². The van der Waals surface area contributed by atoms with Crippen molar-refractivity contribution < 1.29 is 14.5 Å². The number of fused-ring (bicyclic) bond motifs is 1. The molecule has 1 aliphatic heterocycles. The fourth-order valence-electron chi connectivity index (χ4n) is 3.93. The number of carbonyl (C=O) groups excluding carboxylic acids is 1. The van der Waals surface area contributed by atoms with Gasteiger partial charge in [-0.3, -0.25) is 19.8 Å². The highest BCUT2D eigenvalue weighted by molar-refractivity contribution is 6.07. The molecule has 3 aromatic rings. The number of ether oxygens (including phenoxy) is 1. The number of rotatable bonds is 8. The number of aromatic nitrogens is 2. The van der Waals surface area contributed by atoms with E-state index in [1.54, 1.807) is 12.1 Å². The molecule has 9 nitrogen and oxygen atoms in total. The van der Waals surface area contributed by atoms with Gasteiger partial charge < -0.3 is 14.6 Å². The summed E-state index contributed by atoms with van der Waals surface area (Å²) in [6, 6.07) is 11.5. The van der Waals surface area contributed by atoms with Crippen LogP contribution in [0.15, 0.2) is 42.5 Å². The van der Waals surface area contributed by atoms with Crippen molar-refractivity contribution in [1.82, 2.24) is 14.5 Å². The lowest BCUT2D eigenvalue weighted by Gasteiger charge is -2.26. The molecule has 1 aromatic heterocycles. The Kier molecular flexibility index (Phi) is 6.77. The highest BCUT2D eigenvalue weighted by Gasteiger charge is 2.20. The smallest absolute Gasteiger partial charge is 0.282 e. The molecule has 1 aliphatic rings. The van der Waals surface area contributed by atoms with Crippen LogP contribution in [0, 0.1) is 10.1 Å². The van der Waals surface area contributed by atoms with Gasteiger partial charge in [-0.1, -0.05) is 25.5 Å². The fourth-order valence-corrected chi connectivity index (χ4v) is 3.93. The Morgan fingerprint density at radius 3 is 2.75 bits per heavy atom. The Labute approximate surface area is 186 Å². The van der Waals surface area contributed by atoms with Gasteiger partial charge in [0.1, 0.15) is 11.4 Å². The second kappa shape index (κ2) is 9.88. The van der Waals surface area contributed by atoms with E-state index < -0.39 is 10.8 Å². The molecule has 0 bridgehead atoms. The molecule has 32 heavy (non-hydrogen) atoms. The van der Waals surface area contributed by atoms with Crippen LogP contribution in [0.5, 0.6) is 0 Å². The van der Waals surface area contributed by atoms with Gasteiger partial charge in [-0.15, -0.1) is 0 Å². The standard InChI is InChI=1S/C23H27N5O4/c1-2-3-10-27-21-9-8-17(24-23(29)18-6-4-5-7-20(18)28(30)31)15-19(21)25-22(27)16-26-11-13-32-14-12-26/h4-9,15H,2-3,10-14,16H2,1H3,(H,24,29). The molecule has 2 heterocycles. The van der Waals surface area contributed by atoms with E-state index in [1.165, 1.54) is 12.1 Å². The first-order chi connectivity index (χ1) is 15.6. The van der Waals surface area contributed by atoms with Crippen LogP contribution in [0.1, 0.15) is 35.9 Å². The van der Waals surface area contributed by atoms with Crippen molar-refractivity contribution in [3.05, 3.63) is 64.0 Å². The van der Waals surface area contributed by atoms with Gasteiger partial charge in [0, 0.05) is 31.4 Å². The number of carbonyl (C=O) groups is 1. The third-order valence-electron chi connectivity index (χ3n) is 5.63. The number of anilines is 1. The van der Waals surface area contributed by atoms with Crippen molar-refractivity contribution >= 4 is 28.3 Å². The number of hydrogen-bond acceptors (Lipinski definition) is 6. The monoisotopic (exact) mass is 437 g/mol. The average Bonchev–Trinajstić information content (AvgIpc) is 3.14. The Bertz CT molecular complexity index is 1120. The van der Waals surface area contributed by atoms with Crippen molar-refractivity contribution in [3.63, 3.8) is 0 Å². The number of amides is 1. The lowest BCUT2D eigenvalue weighted by Crippen LogP contribution is -2.36. The van der Waals surface area contributed by atoms with E-state index >= 15 is 0 Å². The molecular formula is C23H27N5O4. The molecule has 0 saturated carbocycles. The molecule has 0 spiro atoms. The van der Waals surface area contributed by atoms with Crippen LogP contribution in [0.2, 0.25) is 0 Å². The molecular weight excluding hydrogens is 410 g/mol. The first-order valence-electron chi connectivity index (χ1n) is 10.9. The number of imidazole rings is 1. The summed E-state index contributed by atoms with van der Waals surface area (Å²) in [5, 5.41) is 14.0. The summed E-state index contributed by atoms with van der Waals surface area (Å²) in [4.78, 5) is 30.6. The summed E-state index contributed by atoms with van der Waals surface area (Å²) < 4.78 is 7.70. The minimum absolute atomic E-state index is 0.0269. The van der Waals surface area contributed by atoms with Crippen LogP contribution in [0.25, 0.3) is 11.0 Å². The molecule has 4 rings (SSSR count). The minimum atomic E-state index is -0.550. The van der Waals surface area contributed by atoms with Crippen molar-refractivity contribution in [3.8, 4) is 0 Å². The zero-order chi connectivity index (χ0) is 22.5. The zero-order valence-corrected chi connectivity index (χ0v) is 18.1. The molecule has 2 aromatic carbocycles. The largest absolute Gasteiger partial charge is 0.379 e. The molecule has 1 amide bonds. The second-order valence-electron chi connectivity index (χ2n) is 7.85. The van der Waals surface area contributed by atoms with Crippen LogP contribution in [0.3, 0.4) is 0 Å². The Balaban J connectivity index is 1.60. The summed E-state index contributed by atoms with van der Waals surface area (Å²) in [5.41, 5.74) is 2.18. The maximum atomic E-state index is 12.7. The predicted octanol–water partition coefficient (Wildman–Crippen LogP) is 3.83. The number of unbranched alkanes of at least 4 members (excludes halogenated alkanes) is 1. The van der Waals surface area contributed by atoms with E-state index in [0.717, 1.165) is 69.1 Å². The van der Waals surface area contributed by atoms with Crippen molar-refractivity contribution in [2.24, 2.45) is 0 Å². The Morgan fingerprint density at radius 2 is 2.00 bits per heavy atom. The molecule has 0 radical (unpaired) electrons. The normalized spacial score (nSPS) is 14.5. The lowest BCUT2D eigenvalue weighted by atomic mass is 10.1. The number of morpholine rings is 1. The van der Waals surface area contributed by atoms with Crippen molar-refractivity contribution in [1.29, 1.82) is 0 Å². The molecule has 9 heteroatoms. The molecule has 1 saturated heterocycles. The summed E-state index contributed by atoms with van der Waals surface area (Å²) in [5.74, 6) is 0.480. The highest BCUT2D eigenvalue weighted by Crippen LogP contribution is 2.24. The number of nitrogens with one attached hydrogen (secondary N) is 1. The molecule has 1 N–H and O–H groups in total. The van der Waals surface area contributed by atoms with Crippen LogP contribution in [-0.2, 0) is 17.8 Å². The van der Waals surface area contributed by atoms with Gasteiger partial charge in [0.05, 0.1) is 35.7 Å². The molecule has 168 valence electrons. The fraction of sp³-hybridized carbons (Fsp3) is 0.391. The van der Waals surface area contributed by atoms with Gasteiger partial charge >= 0.3 is 0 Å². The number of benzene rings is 2. The second-order valence-corrected chi connectivity index (χ2v) is 7.85. The topological polar surface area (TPSA) is 103 Å². The first-order valence-corrected chi connectivity index (χ1v) is 10.9. The maximum Gasteiger partial charge on any atom is 0.282 e. The third kappa shape index (κ3) is 4.79. The highest BCUT2D eigenvalue weighted by atomic mass is 16.6. The van der Waals surface area contributed by atoms with E-state index in [4.69, 9.17) is 9.72 Å². The Morgan fingerprint density at radius 1 is 1.22 bits per heavy atom. The van der Waals surface area contributed by atoms with Crippen molar-refractivity contribution in [2.45, 2.75) is 32.9 Å². The van der Waals surface area contributed by atoms with Crippen LogP contribution in [0.4, 0.5) is 11.4 Å². The van der Waals surface area contributed by atoms with E-state index in [-0.39, 0.29) is 11.3 Å². The number of hydrogen-bond donors (Lipinski definition) is 1. The van der Waals surface area contributed by atoms with Gasteiger partial charge in [-0.25, -0.2) is 4.98 Å². The van der Waals surface area contributed by atoms with Gasteiger partial charge in [0.25, 0.3) is 11.6 Å². The van der Waals surface area contributed by atoms with Crippen molar-refractivity contribution in [2.75, 3.05) is 31.6 Å². The zero-order valence-electron chi connectivity index (χ0n) is 18.1. The van der Waals surface area contributed by atoms with Crippen LogP contribution >= 0.6 is 0 Å². The summed E-state index contributed by atoms with van der Waals surface area (Å²) in [6.07, 6.45) is 2.14. The number of nitro benzene ring substituents is 1. The summed E-state index contributed by atoms with van der Waals surface area (Å²) >= 11 is 0. The predicted molar refractivity (Wildman–Crippen MR) is 122 cm³/mol. The first kappa shape index (κ1) is 21.9. The maximum absolute atomic E-state index is 12.7. The third-order valence-corrected chi connectivity index (χ3v) is 5.63. The Hall–Kier alpha value is -3.30. The van der Waals surface area contributed by atoms with Gasteiger partial charge in [-0.05, 0) is 30.7 Å². The van der Waals surface area contributed by atoms with Gasteiger partial charge in [0.2, 0.25) is 0 Å². The number of aryl methyl sites for hydroxylation is 1. The molecule has 0 aliphatic carbocycles. The van der Waals surface area contributed by atoms with Gasteiger partial charge in [0.15, 0.2) is 0 Å². The van der Waals surface area contributed by atoms with Gasteiger partial charge in [-0.2, -0.15) is 0 Å². The SMILES string of the molecule is CCCCn1c(CN2CCOCC2)nc2cc(NC(=O)c3ccccc3[N+](=O)[O-])ccc21. The summed E-state index contributed by atoms with van der Waals surface area (Å²) in [6.45, 7) is 7.03. The van der Waals surface area contributed by atoms with Crippen LogP contribution in [-0.4, -0.2) is 51.6 Å². The molecule has 0 unspecified atom stereocenters. The molecule has 1 fully saturated rings. The lowest BCUT2D eigenvalue weighted by molar-refractivity contribution is -0.385. The number of para-hydroxylation sites is 1. The van der Waals surface area contributed by atoms with E-state index in [1.807, 2.05) is 18.2 Å². The number of nitro groups is 1. The minimum Gasteiger partial charge on any atom is -0.379 e. The summed E-state index contributed by atoms with van der Waals surface area (Å²) in [7, 11) is 0. The molecule has 0 atom stereocenters. The van der Waals surface area contributed by atoms with Crippen LogP contribution < -0.4 is 5.32 Å². The van der Waals surface area contributed by atoms with E-state index in [2.05, 4.69) is 21.7 Å².